The number of nitriles is 1. The third-order valence-electron chi connectivity index (χ3n) is 2.68. The molecule has 2 rings (SSSR count). The van der Waals surface area contributed by atoms with E-state index >= 15 is 0 Å². The molecule has 0 aliphatic rings. The molecular formula is C14H14N4O2. The number of carbonyl (C=O) groups is 1. The summed E-state index contributed by atoms with van der Waals surface area (Å²) in [5.74, 6) is 0.228. The van der Waals surface area contributed by atoms with E-state index < -0.39 is 0 Å². The van der Waals surface area contributed by atoms with Gasteiger partial charge < -0.3 is 15.8 Å². The molecule has 0 aliphatic heterocycles. The maximum absolute atomic E-state index is 11.5. The number of amides is 1. The number of hydrogen-bond acceptors (Lipinski definition) is 5. The lowest BCUT2D eigenvalue weighted by atomic mass is 10.2. The highest BCUT2D eigenvalue weighted by Gasteiger charge is 2.08. The molecule has 0 unspecified atom stereocenters. The molecule has 6 heteroatoms. The summed E-state index contributed by atoms with van der Waals surface area (Å²) in [6.45, 7) is 0.195. The summed E-state index contributed by atoms with van der Waals surface area (Å²) >= 11 is 0. The van der Waals surface area contributed by atoms with Crippen LogP contribution in [0.15, 0.2) is 30.5 Å². The number of carbonyl (C=O) groups excluding carboxylic acids is 1. The standard InChI is InChI=1S/C14H14N4O2/c15-6-2-8-17-13(19)9-20-12-5-4-11(16)10-3-1-7-18-14(10)12/h1,3-5,7H,2,8-9,16H2,(H,17,19). The number of hydrogen-bond donors (Lipinski definition) is 2. The van der Waals surface area contributed by atoms with Gasteiger partial charge in [0.15, 0.2) is 6.61 Å². The Bertz CT molecular complexity index is 664. The molecule has 0 fully saturated rings. The average Bonchev–Trinajstić information content (AvgIpc) is 2.47. The first-order valence-electron chi connectivity index (χ1n) is 6.12. The average molecular weight is 270 g/mol. The maximum atomic E-state index is 11.5. The fourth-order valence-corrected chi connectivity index (χ4v) is 1.74. The molecule has 3 N–H and O–H groups in total. The number of fused-ring (bicyclic) bond motifs is 1. The SMILES string of the molecule is N#CCCNC(=O)COc1ccc(N)c2cccnc12. The van der Waals surface area contributed by atoms with Crippen molar-refractivity contribution in [2.45, 2.75) is 6.42 Å². The zero-order valence-electron chi connectivity index (χ0n) is 10.8. The van der Waals surface area contributed by atoms with E-state index in [-0.39, 0.29) is 18.9 Å². The molecule has 1 heterocycles. The normalized spacial score (nSPS) is 9.95. The summed E-state index contributed by atoms with van der Waals surface area (Å²) in [6.07, 6.45) is 1.92. The van der Waals surface area contributed by atoms with Gasteiger partial charge in [0.1, 0.15) is 11.3 Å². The van der Waals surface area contributed by atoms with Gasteiger partial charge in [-0.25, -0.2) is 0 Å². The lowest BCUT2D eigenvalue weighted by molar-refractivity contribution is -0.123. The summed E-state index contributed by atoms with van der Waals surface area (Å²) in [4.78, 5) is 15.7. The van der Waals surface area contributed by atoms with Gasteiger partial charge in [-0.2, -0.15) is 5.26 Å². The van der Waals surface area contributed by atoms with Gasteiger partial charge in [-0.15, -0.1) is 0 Å². The second-order valence-electron chi connectivity index (χ2n) is 4.10. The molecule has 6 nitrogen and oxygen atoms in total. The number of rotatable bonds is 5. The van der Waals surface area contributed by atoms with Crippen LogP contribution in [0.5, 0.6) is 5.75 Å². The number of ether oxygens (including phenoxy) is 1. The minimum absolute atomic E-state index is 0.124. The second kappa shape index (κ2) is 6.38. The van der Waals surface area contributed by atoms with Crippen LogP contribution in [0.4, 0.5) is 5.69 Å². The molecule has 0 saturated carbocycles. The summed E-state index contributed by atoms with van der Waals surface area (Å²) in [5.41, 5.74) is 7.09. The van der Waals surface area contributed by atoms with Crippen molar-refractivity contribution in [1.29, 1.82) is 5.26 Å². The van der Waals surface area contributed by atoms with Crippen LogP contribution in [-0.2, 0) is 4.79 Å². The summed E-state index contributed by atoms with van der Waals surface area (Å²) in [5, 5.41) is 11.7. The Balaban J connectivity index is 2.06. The molecule has 1 aromatic carbocycles. The molecule has 1 amide bonds. The van der Waals surface area contributed by atoms with Crippen LogP contribution in [0, 0.1) is 11.3 Å². The first-order chi connectivity index (χ1) is 9.72. The molecule has 0 bridgehead atoms. The van der Waals surface area contributed by atoms with Crippen molar-refractivity contribution in [1.82, 2.24) is 10.3 Å². The van der Waals surface area contributed by atoms with Crippen molar-refractivity contribution < 1.29 is 9.53 Å². The van der Waals surface area contributed by atoms with Gasteiger partial charge >= 0.3 is 0 Å². The Hall–Kier alpha value is -2.81. The highest BCUT2D eigenvalue weighted by molar-refractivity contribution is 5.94. The highest BCUT2D eigenvalue weighted by Crippen LogP contribution is 2.27. The molecule has 0 radical (unpaired) electrons. The predicted molar refractivity (Wildman–Crippen MR) is 74.9 cm³/mol. The van der Waals surface area contributed by atoms with Gasteiger partial charge in [0.05, 0.1) is 12.5 Å². The van der Waals surface area contributed by atoms with Gasteiger partial charge in [-0.1, -0.05) is 0 Å². The van der Waals surface area contributed by atoms with E-state index in [4.69, 9.17) is 15.7 Å². The highest BCUT2D eigenvalue weighted by atomic mass is 16.5. The monoisotopic (exact) mass is 270 g/mol. The topological polar surface area (TPSA) is 101 Å². The number of benzene rings is 1. The molecule has 0 aliphatic carbocycles. The van der Waals surface area contributed by atoms with Gasteiger partial charge in [-0.3, -0.25) is 9.78 Å². The van der Waals surface area contributed by atoms with Crippen LogP contribution < -0.4 is 15.8 Å². The van der Waals surface area contributed by atoms with Crippen molar-refractivity contribution in [2.24, 2.45) is 0 Å². The number of aromatic nitrogens is 1. The van der Waals surface area contributed by atoms with E-state index in [1.165, 1.54) is 0 Å². The molecule has 0 saturated heterocycles. The Kier molecular flexibility index (Phi) is 4.35. The zero-order valence-corrected chi connectivity index (χ0v) is 10.8. The molecule has 102 valence electrons. The van der Waals surface area contributed by atoms with E-state index in [1.807, 2.05) is 12.1 Å². The van der Waals surface area contributed by atoms with Gasteiger partial charge in [-0.05, 0) is 24.3 Å². The minimum atomic E-state index is -0.277. The molecular weight excluding hydrogens is 256 g/mol. The van der Waals surface area contributed by atoms with Crippen molar-refractivity contribution in [3.63, 3.8) is 0 Å². The number of nitrogens with two attached hydrogens (primary N) is 1. The Morgan fingerprint density at radius 1 is 1.45 bits per heavy atom. The van der Waals surface area contributed by atoms with Crippen LogP contribution in [0.25, 0.3) is 10.9 Å². The predicted octanol–water partition coefficient (Wildman–Crippen LogP) is 1.23. The molecule has 2 aromatic rings. The molecule has 0 spiro atoms. The first kappa shape index (κ1) is 13.6. The smallest absolute Gasteiger partial charge is 0.257 e. The number of nitrogens with zero attached hydrogens (tertiary/aromatic N) is 2. The molecule has 0 atom stereocenters. The lowest BCUT2D eigenvalue weighted by Gasteiger charge is -2.09. The van der Waals surface area contributed by atoms with E-state index in [2.05, 4.69) is 10.3 Å². The van der Waals surface area contributed by atoms with Crippen LogP contribution >= 0.6 is 0 Å². The quantitative estimate of drug-likeness (QED) is 0.628. The second-order valence-corrected chi connectivity index (χ2v) is 4.10. The lowest BCUT2D eigenvalue weighted by Crippen LogP contribution is -2.29. The number of anilines is 1. The van der Waals surface area contributed by atoms with Crippen LogP contribution in [0.3, 0.4) is 0 Å². The van der Waals surface area contributed by atoms with Crippen LogP contribution in [0.2, 0.25) is 0 Å². The summed E-state index contributed by atoms with van der Waals surface area (Å²) < 4.78 is 5.45. The first-order valence-corrected chi connectivity index (χ1v) is 6.12. The maximum Gasteiger partial charge on any atom is 0.257 e. The number of nitrogens with one attached hydrogen (secondary N) is 1. The molecule has 1 aromatic heterocycles. The minimum Gasteiger partial charge on any atom is -0.481 e. The zero-order chi connectivity index (χ0) is 14.4. The van der Waals surface area contributed by atoms with E-state index in [1.54, 1.807) is 24.4 Å². The van der Waals surface area contributed by atoms with Gasteiger partial charge in [0.2, 0.25) is 0 Å². The van der Waals surface area contributed by atoms with E-state index in [0.717, 1.165) is 5.39 Å². The van der Waals surface area contributed by atoms with Crippen molar-refractivity contribution >= 4 is 22.5 Å². The van der Waals surface area contributed by atoms with Crippen molar-refractivity contribution in [2.75, 3.05) is 18.9 Å². The summed E-state index contributed by atoms with van der Waals surface area (Å²) in [6, 6.07) is 8.98. The van der Waals surface area contributed by atoms with E-state index in [0.29, 0.717) is 23.5 Å². The fraction of sp³-hybridized carbons (Fsp3) is 0.214. The largest absolute Gasteiger partial charge is 0.481 e. The van der Waals surface area contributed by atoms with Gasteiger partial charge in [0, 0.05) is 23.8 Å². The van der Waals surface area contributed by atoms with Crippen LogP contribution in [-0.4, -0.2) is 24.0 Å². The van der Waals surface area contributed by atoms with Crippen LogP contribution in [0.1, 0.15) is 6.42 Å². The third-order valence-corrected chi connectivity index (χ3v) is 2.68. The number of pyridine rings is 1. The Morgan fingerprint density at radius 2 is 2.30 bits per heavy atom. The molecule has 20 heavy (non-hydrogen) atoms. The summed E-state index contributed by atoms with van der Waals surface area (Å²) in [7, 11) is 0. The fourth-order valence-electron chi connectivity index (χ4n) is 1.74. The van der Waals surface area contributed by atoms with Crippen molar-refractivity contribution in [3.05, 3.63) is 30.5 Å². The number of nitrogen functional groups attached to an aromatic ring is 1. The van der Waals surface area contributed by atoms with E-state index in [9.17, 15) is 4.79 Å². The Morgan fingerprint density at radius 3 is 3.10 bits per heavy atom. The Labute approximate surface area is 116 Å². The van der Waals surface area contributed by atoms with Crippen molar-refractivity contribution in [3.8, 4) is 11.8 Å². The van der Waals surface area contributed by atoms with Gasteiger partial charge in [0.25, 0.3) is 5.91 Å². The third kappa shape index (κ3) is 3.14.